The molecule has 2 aromatic carbocycles. The normalized spacial score (nSPS) is 30.3. The molecule has 4 N–H and O–H groups in total. The van der Waals surface area contributed by atoms with Crippen molar-refractivity contribution >= 4 is 0 Å². The number of rotatable bonds is 1. The minimum atomic E-state index is -1.43. The molecule has 6 nitrogen and oxygen atoms in total. The van der Waals surface area contributed by atoms with Gasteiger partial charge in [-0.1, -0.05) is 41.7 Å². The van der Waals surface area contributed by atoms with Crippen LogP contribution in [-0.4, -0.2) is 70.8 Å². The molecular formula is C26H28O6. The van der Waals surface area contributed by atoms with E-state index in [1.54, 1.807) is 0 Å². The number of aliphatic hydroxyl groups is 4. The van der Waals surface area contributed by atoms with Crippen molar-refractivity contribution in [1.82, 2.24) is 0 Å². The molecule has 0 radical (unpaired) electrons. The zero-order valence-corrected chi connectivity index (χ0v) is 18.0. The Bertz CT molecular complexity index is 1080. The van der Waals surface area contributed by atoms with Crippen LogP contribution in [0.1, 0.15) is 35.1 Å². The van der Waals surface area contributed by atoms with Crippen LogP contribution >= 0.6 is 0 Å². The maximum absolute atomic E-state index is 10.3. The third-order valence-corrected chi connectivity index (χ3v) is 7.11. The van der Waals surface area contributed by atoms with Gasteiger partial charge in [0, 0.05) is 24.2 Å². The Morgan fingerprint density at radius 2 is 1.62 bits per heavy atom. The monoisotopic (exact) mass is 436 g/mol. The van der Waals surface area contributed by atoms with Gasteiger partial charge in [0.1, 0.15) is 30.5 Å². The van der Waals surface area contributed by atoms with Crippen molar-refractivity contribution in [2.24, 2.45) is 0 Å². The highest BCUT2D eigenvalue weighted by Gasteiger charge is 2.45. The smallest absolute Gasteiger partial charge is 0.147 e. The Labute approximate surface area is 187 Å². The van der Waals surface area contributed by atoms with E-state index in [-0.39, 0.29) is 5.41 Å². The summed E-state index contributed by atoms with van der Waals surface area (Å²) in [6.45, 7) is 3.08. The number of fused-ring (bicyclic) bond motifs is 5. The molecule has 2 fully saturated rings. The van der Waals surface area contributed by atoms with Crippen molar-refractivity contribution in [2.45, 2.75) is 55.7 Å². The quantitative estimate of drug-likeness (QED) is 0.503. The molecule has 2 aromatic rings. The van der Waals surface area contributed by atoms with Crippen LogP contribution in [0.2, 0.25) is 0 Å². The standard InChI is InChI=1S/C26H28O6/c1-15-2-5-17-18-6-3-16(4-7-21-23(28)25(30)24(29)22(14-27)32-21)13-20(18)26(19(17)12-15)8-10-31-11-9-26/h2-3,5-6,12-13,21-25,27-30H,8-11,14H2,1H3/t21-,22-,23-,24-,25-/m1/s1. The van der Waals surface area contributed by atoms with Gasteiger partial charge >= 0.3 is 0 Å². The minimum Gasteiger partial charge on any atom is -0.394 e. The van der Waals surface area contributed by atoms with Gasteiger partial charge in [0.15, 0.2) is 0 Å². The predicted octanol–water partition coefficient (Wildman–Crippen LogP) is 1.27. The van der Waals surface area contributed by atoms with E-state index in [1.807, 2.05) is 6.07 Å². The minimum absolute atomic E-state index is 0.0875. The Balaban J connectivity index is 1.51. The third kappa shape index (κ3) is 3.37. The molecule has 1 aliphatic carbocycles. The number of benzene rings is 2. The first-order valence-corrected chi connectivity index (χ1v) is 11.1. The molecule has 0 unspecified atom stereocenters. The van der Waals surface area contributed by atoms with E-state index < -0.39 is 37.1 Å². The molecule has 32 heavy (non-hydrogen) atoms. The van der Waals surface area contributed by atoms with Gasteiger partial charge in [-0.05, 0) is 54.2 Å². The van der Waals surface area contributed by atoms with Gasteiger partial charge in [-0.3, -0.25) is 0 Å². The second kappa shape index (κ2) is 8.27. The first-order chi connectivity index (χ1) is 15.4. The van der Waals surface area contributed by atoms with Crippen molar-refractivity contribution in [1.29, 1.82) is 0 Å². The first kappa shape index (κ1) is 21.6. The maximum atomic E-state index is 10.3. The molecule has 1 spiro atoms. The summed E-state index contributed by atoms with van der Waals surface area (Å²) >= 11 is 0. The Hall–Kier alpha value is -2.24. The predicted molar refractivity (Wildman–Crippen MR) is 118 cm³/mol. The van der Waals surface area contributed by atoms with E-state index in [2.05, 4.69) is 49.1 Å². The van der Waals surface area contributed by atoms with Crippen molar-refractivity contribution < 1.29 is 29.9 Å². The van der Waals surface area contributed by atoms with E-state index in [1.165, 1.54) is 27.8 Å². The van der Waals surface area contributed by atoms with Crippen LogP contribution in [0.15, 0.2) is 36.4 Å². The molecule has 2 saturated heterocycles. The molecule has 0 bridgehead atoms. The van der Waals surface area contributed by atoms with E-state index in [0.29, 0.717) is 13.2 Å². The second-order valence-electron chi connectivity index (χ2n) is 9.02. The number of aliphatic hydroxyl groups excluding tert-OH is 4. The summed E-state index contributed by atoms with van der Waals surface area (Å²) in [5.41, 5.74) is 7.04. The Morgan fingerprint density at radius 1 is 0.938 bits per heavy atom. The van der Waals surface area contributed by atoms with E-state index in [4.69, 9.17) is 9.47 Å². The average molecular weight is 437 g/mol. The average Bonchev–Trinajstić information content (AvgIpc) is 3.06. The molecule has 2 aliphatic heterocycles. The van der Waals surface area contributed by atoms with Crippen molar-refractivity contribution in [3.63, 3.8) is 0 Å². The lowest BCUT2D eigenvalue weighted by Gasteiger charge is -2.37. The first-order valence-electron chi connectivity index (χ1n) is 11.1. The van der Waals surface area contributed by atoms with Gasteiger partial charge in [0.2, 0.25) is 0 Å². The van der Waals surface area contributed by atoms with Crippen molar-refractivity contribution in [2.75, 3.05) is 19.8 Å². The molecule has 3 aliphatic rings. The van der Waals surface area contributed by atoms with Crippen LogP contribution in [0.5, 0.6) is 0 Å². The molecule has 0 aromatic heterocycles. The highest BCUT2D eigenvalue weighted by atomic mass is 16.5. The highest BCUT2D eigenvalue weighted by molar-refractivity contribution is 5.82. The lowest BCUT2D eigenvalue weighted by atomic mass is 9.72. The van der Waals surface area contributed by atoms with E-state index >= 15 is 0 Å². The number of ether oxygens (including phenoxy) is 2. The molecule has 0 amide bonds. The van der Waals surface area contributed by atoms with Gasteiger partial charge in [-0.25, -0.2) is 0 Å². The molecule has 0 saturated carbocycles. The lowest BCUT2D eigenvalue weighted by Crippen LogP contribution is -2.58. The Morgan fingerprint density at radius 3 is 2.34 bits per heavy atom. The molecule has 2 heterocycles. The fourth-order valence-electron chi connectivity index (χ4n) is 5.32. The summed E-state index contributed by atoms with van der Waals surface area (Å²) in [6, 6.07) is 12.8. The largest absolute Gasteiger partial charge is 0.394 e. The highest BCUT2D eigenvalue weighted by Crippen LogP contribution is 2.54. The fraction of sp³-hybridized carbons (Fsp3) is 0.462. The summed E-state index contributed by atoms with van der Waals surface area (Å²) in [5, 5.41) is 39.6. The van der Waals surface area contributed by atoms with Crippen LogP contribution < -0.4 is 0 Å². The summed E-state index contributed by atoms with van der Waals surface area (Å²) in [7, 11) is 0. The van der Waals surface area contributed by atoms with Gasteiger partial charge < -0.3 is 29.9 Å². The number of hydrogen-bond donors (Lipinski definition) is 4. The van der Waals surface area contributed by atoms with E-state index in [0.717, 1.165) is 18.4 Å². The van der Waals surface area contributed by atoms with Crippen LogP contribution in [0.4, 0.5) is 0 Å². The van der Waals surface area contributed by atoms with Crippen molar-refractivity contribution in [3.05, 3.63) is 58.7 Å². The second-order valence-corrected chi connectivity index (χ2v) is 9.02. The van der Waals surface area contributed by atoms with Gasteiger partial charge in [0.05, 0.1) is 6.61 Å². The summed E-state index contributed by atoms with van der Waals surface area (Å²) < 4.78 is 11.2. The lowest BCUT2D eigenvalue weighted by molar-refractivity contribution is -0.214. The number of aryl methyl sites for hydroxylation is 1. The SMILES string of the molecule is Cc1ccc2c(c1)C1(CCOCC1)c1cc(C#C[C@H]3O[C@H](CO)[C@@H](O)[C@H](O)[C@@H]3O)ccc1-2. The van der Waals surface area contributed by atoms with Crippen LogP contribution in [0.3, 0.4) is 0 Å². The topological polar surface area (TPSA) is 99.4 Å². The van der Waals surface area contributed by atoms with Gasteiger partial charge in [0.25, 0.3) is 0 Å². The van der Waals surface area contributed by atoms with Crippen LogP contribution in [0, 0.1) is 18.8 Å². The van der Waals surface area contributed by atoms with Gasteiger partial charge in [-0.2, -0.15) is 0 Å². The van der Waals surface area contributed by atoms with E-state index in [9.17, 15) is 20.4 Å². The van der Waals surface area contributed by atoms with Crippen molar-refractivity contribution in [3.8, 4) is 23.0 Å². The fourth-order valence-corrected chi connectivity index (χ4v) is 5.32. The molecule has 6 heteroatoms. The summed E-state index contributed by atoms with van der Waals surface area (Å²) in [6.07, 6.45) is -4.30. The zero-order chi connectivity index (χ0) is 22.5. The number of hydrogen-bond acceptors (Lipinski definition) is 6. The summed E-state index contributed by atoms with van der Waals surface area (Å²) in [4.78, 5) is 0. The van der Waals surface area contributed by atoms with Crippen LogP contribution in [0.25, 0.3) is 11.1 Å². The Kier molecular flexibility index (Phi) is 5.58. The van der Waals surface area contributed by atoms with Gasteiger partial charge in [-0.15, -0.1) is 0 Å². The molecule has 5 rings (SSSR count). The summed E-state index contributed by atoms with van der Waals surface area (Å²) in [5.74, 6) is 5.96. The third-order valence-electron chi connectivity index (χ3n) is 7.11. The molecule has 168 valence electrons. The molecule has 5 atom stereocenters. The molecular weight excluding hydrogens is 408 g/mol. The maximum Gasteiger partial charge on any atom is 0.147 e. The van der Waals surface area contributed by atoms with Crippen LogP contribution in [-0.2, 0) is 14.9 Å². The zero-order valence-electron chi connectivity index (χ0n) is 18.0.